The predicted molar refractivity (Wildman–Crippen MR) is 228 cm³/mol. The van der Waals surface area contributed by atoms with Crippen molar-refractivity contribution in [2.24, 2.45) is 0 Å². The Balaban J connectivity index is 1.10. The number of rotatable bonds is 2. The molecule has 2 aromatic heterocycles. The summed E-state index contributed by atoms with van der Waals surface area (Å²) in [5, 5.41) is 12.4. The second-order valence-electron chi connectivity index (χ2n) is 15.2. The predicted octanol–water partition coefficient (Wildman–Crippen LogP) is 15.1. The van der Waals surface area contributed by atoms with Crippen LogP contribution in [-0.2, 0) is 5.41 Å². The van der Waals surface area contributed by atoms with Gasteiger partial charge in [0.1, 0.15) is 11.2 Å². The lowest BCUT2D eigenvalue weighted by Crippen LogP contribution is -2.14. The monoisotopic (exact) mass is 692 g/mol. The number of hydrogen-bond acceptors (Lipinski definition) is 2. The van der Waals surface area contributed by atoms with Gasteiger partial charge >= 0.3 is 0 Å². The van der Waals surface area contributed by atoms with Crippen molar-refractivity contribution >= 4 is 85.8 Å². The SMILES string of the molecule is CC1(C)c2ccccc2-c2ccc(-c3c4ccccc4c(-c4ccc5sc6c(ccc7oc8c9ccccc9ccc8c76)c5c4)c4ccccc34)cc21. The van der Waals surface area contributed by atoms with Gasteiger partial charge in [0, 0.05) is 41.7 Å². The smallest absolute Gasteiger partial charge is 0.143 e. The van der Waals surface area contributed by atoms with Crippen LogP contribution < -0.4 is 0 Å². The summed E-state index contributed by atoms with van der Waals surface area (Å²) < 4.78 is 9.14. The molecule has 0 aliphatic heterocycles. The molecule has 12 rings (SSSR count). The number of furan rings is 1. The Morgan fingerprint density at radius 2 is 1.06 bits per heavy atom. The molecule has 0 saturated heterocycles. The second-order valence-corrected chi connectivity index (χ2v) is 16.2. The molecular weight excluding hydrogens is 661 g/mol. The average Bonchev–Trinajstić information content (AvgIpc) is 3.84. The Hall–Kier alpha value is -6.22. The minimum atomic E-state index is -0.0612. The molecule has 1 aliphatic carbocycles. The molecule has 53 heavy (non-hydrogen) atoms. The maximum atomic E-state index is 6.57. The highest BCUT2D eigenvalue weighted by molar-refractivity contribution is 7.26. The first-order valence-corrected chi connectivity index (χ1v) is 19.2. The van der Waals surface area contributed by atoms with Crippen LogP contribution in [0.2, 0.25) is 0 Å². The summed E-state index contributed by atoms with van der Waals surface area (Å²) in [7, 11) is 0. The minimum absolute atomic E-state index is 0.0612. The van der Waals surface area contributed by atoms with Crippen LogP contribution in [0.1, 0.15) is 25.0 Å². The van der Waals surface area contributed by atoms with Crippen LogP contribution in [0.15, 0.2) is 162 Å². The van der Waals surface area contributed by atoms with E-state index in [2.05, 4.69) is 172 Å². The van der Waals surface area contributed by atoms with Gasteiger partial charge in [0.05, 0.1) is 0 Å². The zero-order valence-corrected chi connectivity index (χ0v) is 30.1. The van der Waals surface area contributed by atoms with E-state index in [1.165, 1.54) is 102 Å². The molecule has 248 valence electrons. The average molecular weight is 693 g/mol. The first-order valence-electron chi connectivity index (χ1n) is 18.4. The van der Waals surface area contributed by atoms with Gasteiger partial charge in [0.2, 0.25) is 0 Å². The van der Waals surface area contributed by atoms with Gasteiger partial charge in [0.25, 0.3) is 0 Å². The van der Waals surface area contributed by atoms with Gasteiger partial charge in [0.15, 0.2) is 0 Å². The maximum absolute atomic E-state index is 6.57. The molecule has 0 bridgehead atoms. The van der Waals surface area contributed by atoms with Crippen LogP contribution in [0.4, 0.5) is 0 Å². The number of fused-ring (bicyclic) bond motifs is 14. The molecule has 2 heteroatoms. The van der Waals surface area contributed by atoms with Crippen molar-refractivity contribution < 1.29 is 4.42 Å². The number of thiophene rings is 1. The van der Waals surface area contributed by atoms with Gasteiger partial charge < -0.3 is 4.42 Å². The maximum Gasteiger partial charge on any atom is 0.143 e. The van der Waals surface area contributed by atoms with Crippen molar-refractivity contribution in [2.45, 2.75) is 19.3 Å². The lowest BCUT2D eigenvalue weighted by atomic mass is 9.80. The third-order valence-corrected chi connectivity index (χ3v) is 13.3. The Bertz CT molecular complexity index is 3320. The lowest BCUT2D eigenvalue weighted by Gasteiger charge is -2.23. The van der Waals surface area contributed by atoms with E-state index in [-0.39, 0.29) is 5.41 Å². The molecule has 9 aromatic carbocycles. The summed E-state index contributed by atoms with van der Waals surface area (Å²) >= 11 is 1.87. The minimum Gasteiger partial charge on any atom is -0.455 e. The molecule has 1 nitrogen and oxygen atoms in total. The van der Waals surface area contributed by atoms with Crippen LogP contribution in [0, 0.1) is 0 Å². The molecule has 1 aliphatic rings. The van der Waals surface area contributed by atoms with E-state index >= 15 is 0 Å². The molecule has 0 amide bonds. The van der Waals surface area contributed by atoms with Gasteiger partial charge in [-0.2, -0.15) is 0 Å². The molecule has 11 aromatic rings. The van der Waals surface area contributed by atoms with Gasteiger partial charge in [-0.3, -0.25) is 0 Å². The van der Waals surface area contributed by atoms with Crippen molar-refractivity contribution in [3.05, 3.63) is 169 Å². The highest BCUT2D eigenvalue weighted by atomic mass is 32.1. The van der Waals surface area contributed by atoms with E-state index in [0.717, 1.165) is 16.6 Å². The molecular formula is C51H32OS. The zero-order valence-electron chi connectivity index (χ0n) is 29.3. The zero-order chi connectivity index (χ0) is 35.0. The summed E-state index contributed by atoms with van der Waals surface area (Å²) in [4.78, 5) is 0. The fourth-order valence-electron chi connectivity index (χ4n) is 9.59. The van der Waals surface area contributed by atoms with E-state index in [9.17, 15) is 0 Å². The van der Waals surface area contributed by atoms with E-state index < -0.39 is 0 Å². The normalized spacial score (nSPS) is 13.6. The van der Waals surface area contributed by atoms with E-state index in [0.29, 0.717) is 0 Å². The molecule has 0 radical (unpaired) electrons. The van der Waals surface area contributed by atoms with Crippen molar-refractivity contribution in [3.8, 4) is 33.4 Å². The Kier molecular flexibility index (Phi) is 5.78. The Morgan fingerprint density at radius 3 is 1.81 bits per heavy atom. The van der Waals surface area contributed by atoms with Gasteiger partial charge in [-0.25, -0.2) is 0 Å². The van der Waals surface area contributed by atoms with Gasteiger partial charge in [-0.05, 0) is 108 Å². The summed E-state index contributed by atoms with van der Waals surface area (Å²) in [6.07, 6.45) is 0. The Labute approximate surface area is 310 Å². The lowest BCUT2D eigenvalue weighted by molar-refractivity contribution is 0.660. The topological polar surface area (TPSA) is 13.1 Å². The summed E-state index contributed by atoms with van der Waals surface area (Å²) in [5.74, 6) is 0. The van der Waals surface area contributed by atoms with Crippen LogP contribution in [0.25, 0.3) is 108 Å². The van der Waals surface area contributed by atoms with Gasteiger partial charge in [-0.1, -0.05) is 135 Å². The molecule has 0 spiro atoms. The van der Waals surface area contributed by atoms with E-state index in [4.69, 9.17) is 4.42 Å². The first-order chi connectivity index (χ1) is 26.0. The van der Waals surface area contributed by atoms with E-state index in [1.54, 1.807) is 0 Å². The number of hydrogen-bond donors (Lipinski definition) is 0. The molecule has 0 unspecified atom stereocenters. The Morgan fingerprint density at radius 1 is 0.453 bits per heavy atom. The van der Waals surface area contributed by atoms with Crippen LogP contribution in [0.5, 0.6) is 0 Å². The van der Waals surface area contributed by atoms with Crippen LogP contribution >= 0.6 is 11.3 Å². The van der Waals surface area contributed by atoms with Crippen molar-refractivity contribution in [2.75, 3.05) is 0 Å². The van der Waals surface area contributed by atoms with Crippen LogP contribution in [-0.4, -0.2) is 0 Å². The standard InChI is InChI=1S/C51H32OS/c1-51(2)42-18-10-9-13-33(42)34-22-20-31(28-43(34)51)47-37-16-7-5-14-35(37)46(36-15-6-8-17-38(36)47)30-21-26-45-41(27-30)39-24-25-44-48(50(39)53-45)40-23-19-29-11-3-4-12-32(29)49(40)52-44/h3-28H,1-2H3. The third-order valence-electron chi connectivity index (χ3n) is 12.1. The molecule has 0 atom stereocenters. The quantitative estimate of drug-likeness (QED) is 0.164. The third kappa shape index (κ3) is 3.91. The molecule has 0 fully saturated rings. The van der Waals surface area contributed by atoms with E-state index in [1.807, 2.05) is 11.3 Å². The highest BCUT2D eigenvalue weighted by Gasteiger charge is 2.35. The van der Waals surface area contributed by atoms with Crippen molar-refractivity contribution in [1.82, 2.24) is 0 Å². The van der Waals surface area contributed by atoms with Crippen LogP contribution in [0.3, 0.4) is 0 Å². The highest BCUT2D eigenvalue weighted by Crippen LogP contribution is 2.52. The molecule has 2 heterocycles. The van der Waals surface area contributed by atoms with Crippen molar-refractivity contribution in [1.29, 1.82) is 0 Å². The largest absolute Gasteiger partial charge is 0.455 e. The summed E-state index contributed by atoms with van der Waals surface area (Å²) in [6, 6.07) is 58.6. The first kappa shape index (κ1) is 29.4. The molecule has 0 N–H and O–H groups in total. The fraction of sp³-hybridized carbons (Fsp3) is 0.0588. The van der Waals surface area contributed by atoms with Gasteiger partial charge in [-0.15, -0.1) is 11.3 Å². The number of benzene rings is 9. The fourth-order valence-corrected chi connectivity index (χ4v) is 10.8. The molecule has 0 saturated carbocycles. The van der Waals surface area contributed by atoms with Crippen molar-refractivity contribution in [3.63, 3.8) is 0 Å². The summed E-state index contributed by atoms with van der Waals surface area (Å²) in [5.41, 5.74) is 12.5. The second kappa shape index (κ2) is 10.4. The summed E-state index contributed by atoms with van der Waals surface area (Å²) in [6.45, 7) is 4.74.